The van der Waals surface area contributed by atoms with Crippen molar-refractivity contribution >= 4 is 35.1 Å². The number of piperazine rings is 1. The second kappa shape index (κ2) is 9.98. The summed E-state index contributed by atoms with van der Waals surface area (Å²) in [5, 5.41) is 5.43. The van der Waals surface area contributed by atoms with Crippen molar-refractivity contribution in [2.75, 3.05) is 33.4 Å². The second-order valence-electron chi connectivity index (χ2n) is 6.04. The highest BCUT2D eigenvalue weighted by Crippen LogP contribution is 2.11. The molecule has 1 atom stereocenters. The number of aryl methyl sites for hydroxylation is 1. The number of benzene rings is 1. The molecule has 1 aliphatic rings. The first kappa shape index (κ1) is 20.8. The SMILES string of the molecule is COCCOC(=O)CC1C(=O)NCCN1C(=S)NC(=O)c1ccc(C)cc1. The molecule has 2 N–H and O–H groups in total. The van der Waals surface area contributed by atoms with Crippen LogP contribution in [0.25, 0.3) is 0 Å². The Kier molecular flexibility index (Phi) is 7.68. The summed E-state index contributed by atoms with van der Waals surface area (Å²) in [6.07, 6.45) is -0.171. The quantitative estimate of drug-likeness (QED) is 0.410. The number of carbonyl (C=O) groups excluding carboxylic acids is 3. The minimum absolute atomic E-state index is 0.102. The molecular formula is C18H23N3O5S. The van der Waals surface area contributed by atoms with Crippen LogP contribution < -0.4 is 10.6 Å². The minimum atomic E-state index is -0.834. The van der Waals surface area contributed by atoms with E-state index < -0.39 is 12.0 Å². The first-order valence-corrected chi connectivity index (χ1v) is 8.94. The number of hydrogen-bond acceptors (Lipinski definition) is 6. The molecule has 0 aromatic heterocycles. The molecule has 1 saturated heterocycles. The lowest BCUT2D eigenvalue weighted by Gasteiger charge is -2.36. The predicted molar refractivity (Wildman–Crippen MR) is 102 cm³/mol. The van der Waals surface area contributed by atoms with E-state index in [1.165, 1.54) is 12.0 Å². The summed E-state index contributed by atoms with van der Waals surface area (Å²) in [6.45, 7) is 3.06. The van der Waals surface area contributed by atoms with E-state index in [4.69, 9.17) is 21.7 Å². The van der Waals surface area contributed by atoms with Crippen LogP contribution in [-0.4, -0.2) is 67.3 Å². The van der Waals surface area contributed by atoms with Crippen LogP contribution in [0.2, 0.25) is 0 Å². The van der Waals surface area contributed by atoms with Crippen LogP contribution in [0.15, 0.2) is 24.3 Å². The maximum Gasteiger partial charge on any atom is 0.308 e. The van der Waals surface area contributed by atoms with Crippen molar-refractivity contribution in [3.63, 3.8) is 0 Å². The van der Waals surface area contributed by atoms with Gasteiger partial charge in [-0.2, -0.15) is 0 Å². The molecule has 2 rings (SSSR count). The normalized spacial score (nSPS) is 16.4. The number of rotatable bonds is 6. The van der Waals surface area contributed by atoms with Gasteiger partial charge < -0.3 is 19.7 Å². The number of nitrogens with one attached hydrogen (secondary N) is 2. The summed E-state index contributed by atoms with van der Waals surface area (Å²) < 4.78 is 9.84. The number of esters is 1. The summed E-state index contributed by atoms with van der Waals surface area (Å²) in [7, 11) is 1.50. The number of ether oxygens (including phenoxy) is 2. The van der Waals surface area contributed by atoms with Crippen LogP contribution in [0.1, 0.15) is 22.3 Å². The molecule has 1 aliphatic heterocycles. The molecule has 2 amide bonds. The molecule has 0 bridgehead atoms. The highest BCUT2D eigenvalue weighted by atomic mass is 32.1. The van der Waals surface area contributed by atoms with Gasteiger partial charge in [0.1, 0.15) is 12.6 Å². The van der Waals surface area contributed by atoms with E-state index in [-0.39, 0.29) is 36.6 Å². The molecule has 0 radical (unpaired) electrons. The van der Waals surface area contributed by atoms with Crippen molar-refractivity contribution in [3.8, 4) is 0 Å². The van der Waals surface area contributed by atoms with Crippen LogP contribution in [0.5, 0.6) is 0 Å². The zero-order valence-corrected chi connectivity index (χ0v) is 16.1. The van der Waals surface area contributed by atoms with Gasteiger partial charge in [0.05, 0.1) is 13.0 Å². The van der Waals surface area contributed by atoms with Gasteiger partial charge >= 0.3 is 5.97 Å². The smallest absolute Gasteiger partial charge is 0.308 e. The lowest BCUT2D eigenvalue weighted by molar-refractivity contribution is -0.148. The van der Waals surface area contributed by atoms with E-state index in [1.54, 1.807) is 12.1 Å². The predicted octanol–water partition coefficient (Wildman–Crippen LogP) is 0.390. The van der Waals surface area contributed by atoms with Gasteiger partial charge in [-0.1, -0.05) is 17.7 Å². The summed E-state index contributed by atoms with van der Waals surface area (Å²) in [6, 6.07) is 6.21. The lowest BCUT2D eigenvalue weighted by Crippen LogP contribution is -2.60. The fraction of sp³-hybridized carbons (Fsp3) is 0.444. The molecule has 27 heavy (non-hydrogen) atoms. The van der Waals surface area contributed by atoms with Gasteiger partial charge in [0.25, 0.3) is 5.91 Å². The summed E-state index contributed by atoms with van der Waals surface area (Å²) in [5.74, 6) is -1.24. The average Bonchev–Trinajstić information content (AvgIpc) is 2.64. The Morgan fingerprint density at radius 2 is 2.00 bits per heavy atom. The van der Waals surface area contributed by atoms with Crippen molar-refractivity contribution in [3.05, 3.63) is 35.4 Å². The molecule has 8 nitrogen and oxygen atoms in total. The topological polar surface area (TPSA) is 97.0 Å². The molecule has 146 valence electrons. The average molecular weight is 393 g/mol. The van der Waals surface area contributed by atoms with E-state index in [2.05, 4.69) is 10.6 Å². The van der Waals surface area contributed by atoms with Crippen molar-refractivity contribution in [1.82, 2.24) is 15.5 Å². The number of carbonyl (C=O) groups is 3. The third kappa shape index (κ3) is 6.00. The summed E-state index contributed by atoms with van der Waals surface area (Å²) >= 11 is 5.31. The zero-order chi connectivity index (χ0) is 19.8. The third-order valence-electron chi connectivity index (χ3n) is 4.04. The lowest BCUT2D eigenvalue weighted by atomic mass is 10.1. The fourth-order valence-corrected chi connectivity index (χ4v) is 2.87. The zero-order valence-electron chi connectivity index (χ0n) is 15.3. The largest absolute Gasteiger partial charge is 0.463 e. The van der Waals surface area contributed by atoms with Gasteiger partial charge in [-0.3, -0.25) is 19.7 Å². The highest BCUT2D eigenvalue weighted by molar-refractivity contribution is 7.80. The van der Waals surface area contributed by atoms with Gasteiger partial charge in [-0.15, -0.1) is 0 Å². The Bertz CT molecular complexity index is 707. The van der Waals surface area contributed by atoms with Crippen molar-refractivity contribution in [2.24, 2.45) is 0 Å². The van der Waals surface area contributed by atoms with E-state index in [9.17, 15) is 14.4 Å². The Balaban J connectivity index is 2.00. The van der Waals surface area contributed by atoms with Gasteiger partial charge in [0, 0.05) is 25.8 Å². The monoisotopic (exact) mass is 393 g/mol. The number of nitrogens with zero attached hydrogens (tertiary/aromatic N) is 1. The molecule has 1 fully saturated rings. The molecular weight excluding hydrogens is 370 g/mol. The Morgan fingerprint density at radius 1 is 1.30 bits per heavy atom. The van der Waals surface area contributed by atoms with E-state index in [0.29, 0.717) is 18.7 Å². The van der Waals surface area contributed by atoms with Crippen LogP contribution >= 0.6 is 12.2 Å². The molecule has 0 spiro atoms. The van der Waals surface area contributed by atoms with Crippen LogP contribution in [0, 0.1) is 6.92 Å². The molecule has 9 heteroatoms. The van der Waals surface area contributed by atoms with Crippen molar-refractivity contribution in [2.45, 2.75) is 19.4 Å². The summed E-state index contributed by atoms with van der Waals surface area (Å²) in [4.78, 5) is 38.1. The summed E-state index contributed by atoms with van der Waals surface area (Å²) in [5.41, 5.74) is 1.49. The maximum absolute atomic E-state index is 12.4. The molecule has 0 saturated carbocycles. The number of thiocarbonyl (C=S) groups is 1. The molecule has 0 aliphatic carbocycles. The Labute approximate surface area is 163 Å². The van der Waals surface area contributed by atoms with E-state index in [1.807, 2.05) is 19.1 Å². The molecule has 1 unspecified atom stereocenters. The fourth-order valence-electron chi connectivity index (χ4n) is 2.56. The van der Waals surface area contributed by atoms with E-state index >= 15 is 0 Å². The highest BCUT2D eigenvalue weighted by Gasteiger charge is 2.34. The number of amides is 2. The van der Waals surface area contributed by atoms with Crippen LogP contribution in [0.3, 0.4) is 0 Å². The van der Waals surface area contributed by atoms with Gasteiger partial charge in [-0.05, 0) is 31.3 Å². The number of methoxy groups -OCH3 is 1. The maximum atomic E-state index is 12.4. The van der Waals surface area contributed by atoms with Gasteiger partial charge in [0.2, 0.25) is 5.91 Å². The molecule has 1 aromatic carbocycles. The molecule has 1 aromatic rings. The van der Waals surface area contributed by atoms with Crippen LogP contribution in [-0.2, 0) is 19.1 Å². The Morgan fingerprint density at radius 3 is 2.67 bits per heavy atom. The van der Waals surface area contributed by atoms with Gasteiger partial charge in [0.15, 0.2) is 5.11 Å². The number of hydrogen-bond donors (Lipinski definition) is 2. The standard InChI is InChI=1S/C18H23N3O5S/c1-12-3-5-13(6-4-12)16(23)20-18(27)21-8-7-19-17(24)14(21)11-15(22)26-10-9-25-2/h3-6,14H,7-11H2,1-2H3,(H,19,24)(H,20,23,27). The van der Waals surface area contributed by atoms with Crippen molar-refractivity contribution in [1.29, 1.82) is 0 Å². The van der Waals surface area contributed by atoms with Crippen LogP contribution in [0.4, 0.5) is 0 Å². The minimum Gasteiger partial charge on any atom is -0.463 e. The van der Waals surface area contributed by atoms with Crippen molar-refractivity contribution < 1.29 is 23.9 Å². The third-order valence-corrected chi connectivity index (χ3v) is 4.37. The molecule has 1 heterocycles. The van der Waals surface area contributed by atoms with E-state index in [0.717, 1.165) is 5.56 Å². The second-order valence-corrected chi connectivity index (χ2v) is 6.43. The Hall–Kier alpha value is -2.52. The van der Waals surface area contributed by atoms with Gasteiger partial charge in [-0.25, -0.2) is 0 Å². The first-order chi connectivity index (χ1) is 12.9. The first-order valence-electron chi connectivity index (χ1n) is 8.53.